The molecule has 2 saturated heterocycles. The summed E-state index contributed by atoms with van der Waals surface area (Å²) >= 11 is 0. The second-order valence-electron chi connectivity index (χ2n) is 5.12. The lowest BCUT2D eigenvalue weighted by Crippen LogP contribution is -2.49. The molecule has 3 unspecified atom stereocenters. The molecule has 3 heteroatoms. The number of rotatable bonds is 3. The van der Waals surface area contributed by atoms with E-state index in [1.165, 1.54) is 12.8 Å². The van der Waals surface area contributed by atoms with Crippen LogP contribution in [0.3, 0.4) is 0 Å². The standard InChI is InChI=1S/C12H22N2O/c1-3-8(2)12(15)14-11-6-9-4-5-10(7-11)13-9/h8-11,13H,3-7H2,1-2H3,(H,14,15). The van der Waals surface area contributed by atoms with Crippen molar-refractivity contribution in [2.75, 3.05) is 0 Å². The first kappa shape index (κ1) is 10.9. The third-order valence-electron chi connectivity index (χ3n) is 3.88. The van der Waals surface area contributed by atoms with Crippen molar-refractivity contribution in [3.8, 4) is 0 Å². The van der Waals surface area contributed by atoms with Crippen molar-refractivity contribution in [3.05, 3.63) is 0 Å². The Morgan fingerprint density at radius 1 is 1.40 bits per heavy atom. The number of amides is 1. The lowest BCUT2D eigenvalue weighted by Gasteiger charge is -2.30. The maximum Gasteiger partial charge on any atom is 0.223 e. The molecule has 2 heterocycles. The Morgan fingerprint density at radius 3 is 2.53 bits per heavy atom. The fraction of sp³-hybridized carbons (Fsp3) is 0.917. The van der Waals surface area contributed by atoms with Crippen molar-refractivity contribution in [2.45, 2.75) is 64.1 Å². The molecule has 2 aliphatic rings. The van der Waals surface area contributed by atoms with E-state index in [0.29, 0.717) is 18.1 Å². The smallest absolute Gasteiger partial charge is 0.223 e. The molecule has 2 bridgehead atoms. The van der Waals surface area contributed by atoms with E-state index in [-0.39, 0.29) is 11.8 Å². The van der Waals surface area contributed by atoms with E-state index in [4.69, 9.17) is 0 Å². The predicted molar refractivity (Wildman–Crippen MR) is 60.6 cm³/mol. The monoisotopic (exact) mass is 210 g/mol. The number of hydrogen-bond donors (Lipinski definition) is 2. The van der Waals surface area contributed by atoms with Crippen LogP contribution < -0.4 is 10.6 Å². The second kappa shape index (κ2) is 4.52. The second-order valence-corrected chi connectivity index (χ2v) is 5.12. The van der Waals surface area contributed by atoms with Gasteiger partial charge in [0, 0.05) is 24.0 Å². The van der Waals surface area contributed by atoms with Gasteiger partial charge in [0.1, 0.15) is 0 Å². The van der Waals surface area contributed by atoms with Gasteiger partial charge in [0.2, 0.25) is 5.91 Å². The number of carbonyl (C=O) groups excluding carboxylic acids is 1. The Bertz CT molecular complexity index is 230. The molecule has 0 aliphatic carbocycles. The topological polar surface area (TPSA) is 41.1 Å². The van der Waals surface area contributed by atoms with E-state index in [9.17, 15) is 4.79 Å². The van der Waals surface area contributed by atoms with E-state index >= 15 is 0 Å². The van der Waals surface area contributed by atoms with Crippen molar-refractivity contribution in [1.29, 1.82) is 0 Å². The Balaban J connectivity index is 1.82. The highest BCUT2D eigenvalue weighted by atomic mass is 16.1. The van der Waals surface area contributed by atoms with E-state index in [2.05, 4.69) is 17.6 Å². The van der Waals surface area contributed by atoms with Crippen molar-refractivity contribution < 1.29 is 4.79 Å². The third-order valence-corrected chi connectivity index (χ3v) is 3.88. The lowest BCUT2D eigenvalue weighted by atomic mass is 9.98. The maximum atomic E-state index is 11.7. The number of hydrogen-bond acceptors (Lipinski definition) is 2. The van der Waals surface area contributed by atoms with Gasteiger partial charge in [0.25, 0.3) is 0 Å². The molecule has 2 aliphatic heterocycles. The SMILES string of the molecule is CCC(C)C(=O)NC1CC2CCC(C1)N2. The fourth-order valence-electron chi connectivity index (χ4n) is 2.70. The quantitative estimate of drug-likeness (QED) is 0.740. The van der Waals surface area contributed by atoms with Gasteiger partial charge in [0.15, 0.2) is 0 Å². The van der Waals surface area contributed by atoms with Gasteiger partial charge in [-0.1, -0.05) is 13.8 Å². The number of carbonyl (C=O) groups is 1. The largest absolute Gasteiger partial charge is 0.353 e. The molecule has 3 atom stereocenters. The van der Waals surface area contributed by atoms with Gasteiger partial charge < -0.3 is 10.6 Å². The van der Waals surface area contributed by atoms with E-state index in [1.54, 1.807) is 0 Å². The van der Waals surface area contributed by atoms with Crippen molar-refractivity contribution in [1.82, 2.24) is 10.6 Å². The van der Waals surface area contributed by atoms with Gasteiger partial charge >= 0.3 is 0 Å². The molecular weight excluding hydrogens is 188 g/mol. The van der Waals surface area contributed by atoms with Crippen LogP contribution in [0, 0.1) is 5.92 Å². The zero-order valence-corrected chi connectivity index (χ0v) is 9.75. The minimum atomic E-state index is 0.164. The first-order valence-electron chi connectivity index (χ1n) is 6.25. The predicted octanol–water partition coefficient (Wildman–Crippen LogP) is 1.43. The molecule has 0 saturated carbocycles. The average molecular weight is 210 g/mol. The van der Waals surface area contributed by atoms with Gasteiger partial charge in [-0.3, -0.25) is 4.79 Å². The van der Waals surface area contributed by atoms with Crippen LogP contribution in [0.25, 0.3) is 0 Å². The van der Waals surface area contributed by atoms with Crippen LogP contribution in [0.15, 0.2) is 0 Å². The zero-order valence-electron chi connectivity index (χ0n) is 9.75. The molecule has 2 rings (SSSR count). The van der Waals surface area contributed by atoms with Crippen LogP contribution >= 0.6 is 0 Å². The molecule has 0 spiro atoms. The van der Waals surface area contributed by atoms with Crippen LogP contribution in [0.5, 0.6) is 0 Å². The Morgan fingerprint density at radius 2 is 2.00 bits per heavy atom. The van der Waals surface area contributed by atoms with Crippen LogP contribution in [0.2, 0.25) is 0 Å². The van der Waals surface area contributed by atoms with Gasteiger partial charge in [-0.15, -0.1) is 0 Å². The lowest BCUT2D eigenvalue weighted by molar-refractivity contribution is -0.125. The van der Waals surface area contributed by atoms with Gasteiger partial charge in [0.05, 0.1) is 0 Å². The molecule has 1 amide bonds. The highest BCUT2D eigenvalue weighted by molar-refractivity contribution is 5.78. The molecule has 0 radical (unpaired) electrons. The fourth-order valence-corrected chi connectivity index (χ4v) is 2.70. The van der Waals surface area contributed by atoms with Crippen molar-refractivity contribution in [3.63, 3.8) is 0 Å². The highest BCUT2D eigenvalue weighted by Crippen LogP contribution is 2.26. The van der Waals surface area contributed by atoms with Crippen LogP contribution in [0.4, 0.5) is 0 Å². The van der Waals surface area contributed by atoms with Gasteiger partial charge in [-0.05, 0) is 32.1 Å². The van der Waals surface area contributed by atoms with Gasteiger partial charge in [-0.25, -0.2) is 0 Å². The summed E-state index contributed by atoms with van der Waals surface area (Å²) in [5, 5.41) is 6.78. The molecule has 2 N–H and O–H groups in total. The van der Waals surface area contributed by atoms with Crippen LogP contribution in [-0.2, 0) is 4.79 Å². The molecular formula is C12H22N2O. The molecule has 0 aromatic heterocycles. The molecule has 0 aromatic carbocycles. The Hall–Kier alpha value is -0.570. The van der Waals surface area contributed by atoms with Crippen molar-refractivity contribution in [2.24, 2.45) is 5.92 Å². The summed E-state index contributed by atoms with van der Waals surface area (Å²) in [6.45, 7) is 4.07. The molecule has 15 heavy (non-hydrogen) atoms. The van der Waals surface area contributed by atoms with Crippen molar-refractivity contribution >= 4 is 5.91 Å². The summed E-state index contributed by atoms with van der Waals surface area (Å²) in [4.78, 5) is 11.7. The molecule has 86 valence electrons. The first-order valence-corrected chi connectivity index (χ1v) is 6.25. The number of fused-ring (bicyclic) bond motifs is 2. The van der Waals surface area contributed by atoms with Crippen LogP contribution in [0.1, 0.15) is 46.0 Å². The number of nitrogens with one attached hydrogen (secondary N) is 2. The van der Waals surface area contributed by atoms with E-state index in [0.717, 1.165) is 19.3 Å². The molecule has 3 nitrogen and oxygen atoms in total. The third kappa shape index (κ3) is 2.51. The van der Waals surface area contributed by atoms with Gasteiger partial charge in [-0.2, -0.15) is 0 Å². The maximum absolute atomic E-state index is 11.7. The first-order chi connectivity index (χ1) is 7.19. The summed E-state index contributed by atoms with van der Waals surface area (Å²) in [5.41, 5.74) is 0. The zero-order chi connectivity index (χ0) is 10.8. The minimum absolute atomic E-state index is 0.164. The molecule has 2 fully saturated rings. The Labute approximate surface area is 92.0 Å². The minimum Gasteiger partial charge on any atom is -0.353 e. The number of piperidine rings is 1. The average Bonchev–Trinajstić information content (AvgIpc) is 2.57. The molecule has 0 aromatic rings. The van der Waals surface area contributed by atoms with Crippen LogP contribution in [-0.4, -0.2) is 24.0 Å². The Kier molecular flexibility index (Phi) is 3.29. The summed E-state index contributed by atoms with van der Waals surface area (Å²) in [6.07, 6.45) is 5.77. The normalized spacial score (nSPS) is 36.3. The highest BCUT2D eigenvalue weighted by Gasteiger charge is 2.34. The summed E-state index contributed by atoms with van der Waals surface area (Å²) < 4.78 is 0. The summed E-state index contributed by atoms with van der Waals surface area (Å²) in [6, 6.07) is 1.74. The van der Waals surface area contributed by atoms with E-state index in [1.807, 2.05) is 6.92 Å². The van der Waals surface area contributed by atoms with E-state index < -0.39 is 0 Å². The summed E-state index contributed by atoms with van der Waals surface area (Å²) in [7, 11) is 0. The summed E-state index contributed by atoms with van der Waals surface area (Å²) in [5.74, 6) is 0.404.